The second-order valence-corrected chi connectivity index (χ2v) is 45.8. The number of amides is 1. The molecule has 0 radical (unpaired) electrons. The number of ether oxygens (including phenoxy) is 2. The number of piperazine rings is 1. The lowest BCUT2D eigenvalue weighted by atomic mass is 9.78. The maximum absolute atomic E-state index is 12.4. The van der Waals surface area contributed by atoms with Crippen molar-refractivity contribution < 1.29 is 61.9 Å². The largest absolute Gasteiger partial charge is 0.491 e. The Morgan fingerprint density at radius 2 is 0.993 bits per heavy atom. The molecular weight excluding hydrogens is 1810 g/mol. The van der Waals surface area contributed by atoms with Crippen LogP contribution in [0.4, 0.5) is 10.7 Å². The zero-order valence-corrected chi connectivity index (χ0v) is 95.6. The van der Waals surface area contributed by atoms with Gasteiger partial charge in [0.15, 0.2) is 22.4 Å². The number of likely N-dealkylation sites (tertiary alicyclic amines) is 1. The number of rotatable bonds is 42. The number of carbonyl (C=O) groups is 10. The summed E-state index contributed by atoms with van der Waals surface area (Å²) in [5.74, 6) is 7.46. The van der Waals surface area contributed by atoms with E-state index in [0.717, 1.165) is 129 Å². The maximum atomic E-state index is 12.4. The number of nitrogens with one attached hydrogen (secondary N) is 3. The first kappa shape index (κ1) is 130. The fourth-order valence-electron chi connectivity index (χ4n) is 14.6. The molecule has 3 N–H and O–H groups in total. The Morgan fingerprint density at radius 1 is 0.475 bits per heavy atom. The SMILES string of the molecule is CC(C)C(=O)CN1CCN(C(C)C)CC1.CC(C)C[C@H]1CCCCN(CC(=O)C(C)C)C1=O.CC(C)Cc1cccc(CC(=O)C(C)C)c1.CC(C)Cc1csc(CC(=O)C(C)C)n1.CC(C)NCC1CCC(C(=O)C(C)C)CC1.CC(C)Nc1cccn(CC(=O)C(C)C)c1=O.CC(C)Nc1cnc(C(=O)C(C)C)s1.CC(C)Oc1cc(C(=O)C(C)C)on1.CC(C)Oc1ccc(CC(=O)C(C)C)cc1. The van der Waals surface area contributed by atoms with Crippen LogP contribution >= 0.6 is 22.7 Å². The highest BCUT2D eigenvalue weighted by atomic mass is 32.1. The third kappa shape index (κ3) is 57.1. The average Bonchev–Trinajstić information content (AvgIpc) is 1.85. The lowest BCUT2D eigenvalue weighted by molar-refractivity contribution is -0.139. The number of Topliss-reactive ketones (excluding diaryl/α,β-unsaturated/α-hetero) is 9. The van der Waals surface area contributed by atoms with Crippen molar-refractivity contribution in [3.63, 3.8) is 0 Å². The van der Waals surface area contributed by atoms with Crippen molar-refractivity contribution in [3.8, 4) is 11.6 Å². The van der Waals surface area contributed by atoms with E-state index in [0.29, 0.717) is 108 Å². The summed E-state index contributed by atoms with van der Waals surface area (Å²) in [6.45, 7) is 79.5. The third-order valence-corrected chi connectivity index (χ3v) is 25.2. The Labute approximate surface area is 859 Å². The van der Waals surface area contributed by atoms with Crippen LogP contribution in [0.25, 0.3) is 0 Å². The quantitative estimate of drug-likeness (QED) is 0.0300. The summed E-state index contributed by atoms with van der Waals surface area (Å²) in [7, 11) is 0. The molecule has 6 aromatic rings. The van der Waals surface area contributed by atoms with Gasteiger partial charge in [-0.2, -0.15) is 0 Å². The number of ketones is 9. The molecule has 1 amide bonds. The molecule has 3 aliphatic rings. The number of anilines is 2. The second kappa shape index (κ2) is 69.5. The van der Waals surface area contributed by atoms with E-state index in [9.17, 15) is 52.7 Å². The minimum atomic E-state index is -0.143. The van der Waals surface area contributed by atoms with E-state index in [1.54, 1.807) is 40.8 Å². The molecule has 26 heteroatoms. The Bertz CT molecular complexity index is 4580. The van der Waals surface area contributed by atoms with Crippen molar-refractivity contribution in [2.24, 2.45) is 88.8 Å². The summed E-state index contributed by atoms with van der Waals surface area (Å²) >= 11 is 3.03. The Balaban J connectivity index is 0.000000794. The number of hydrogen-bond donors (Lipinski definition) is 3. The van der Waals surface area contributed by atoms with Crippen molar-refractivity contribution >= 4 is 91.3 Å². The highest BCUT2D eigenvalue weighted by Crippen LogP contribution is 2.32. The molecule has 24 nitrogen and oxygen atoms in total. The predicted octanol–water partition coefficient (Wildman–Crippen LogP) is 24.1. The summed E-state index contributed by atoms with van der Waals surface area (Å²) < 4.78 is 17.1. The summed E-state index contributed by atoms with van der Waals surface area (Å²) in [6.07, 6.45) is 16.0. The van der Waals surface area contributed by atoms with E-state index in [4.69, 9.17) is 14.0 Å². The summed E-state index contributed by atoms with van der Waals surface area (Å²) in [5, 5.41) is 18.0. The molecule has 1 atom stereocenters. The van der Waals surface area contributed by atoms with Crippen molar-refractivity contribution in [1.29, 1.82) is 0 Å². The van der Waals surface area contributed by atoms with Gasteiger partial charge in [0.05, 0.1) is 56.2 Å². The molecular formula is C115H190N10O14S2. The van der Waals surface area contributed by atoms with E-state index in [2.05, 4.69) is 148 Å². The second-order valence-electron chi connectivity index (χ2n) is 43.9. The summed E-state index contributed by atoms with van der Waals surface area (Å²) in [5.41, 5.74) is 5.06. The zero-order valence-electron chi connectivity index (χ0n) is 93.9. The van der Waals surface area contributed by atoms with E-state index in [1.165, 1.54) is 40.4 Å². The molecule has 0 bridgehead atoms. The van der Waals surface area contributed by atoms with Crippen LogP contribution < -0.4 is 31.0 Å². The van der Waals surface area contributed by atoms with E-state index in [1.807, 2.05) is 197 Å². The van der Waals surface area contributed by atoms with Gasteiger partial charge in [0.2, 0.25) is 17.5 Å². The monoisotopic (exact) mass is 2000 g/mol. The first-order valence-corrected chi connectivity index (χ1v) is 54.4. The topological polar surface area (TPSA) is 309 Å². The molecule has 2 saturated heterocycles. The van der Waals surface area contributed by atoms with Crippen LogP contribution in [0.3, 0.4) is 0 Å². The minimum absolute atomic E-state index is 0.0181. The van der Waals surface area contributed by atoms with Crippen molar-refractivity contribution in [3.05, 3.63) is 133 Å². The number of aromatic nitrogens is 4. The first-order valence-electron chi connectivity index (χ1n) is 52.7. The van der Waals surface area contributed by atoms with Gasteiger partial charge >= 0.3 is 0 Å². The molecule has 2 aromatic carbocycles. The molecule has 2 aliphatic heterocycles. The van der Waals surface area contributed by atoms with Crippen LogP contribution in [0.2, 0.25) is 0 Å². The Morgan fingerprint density at radius 3 is 1.48 bits per heavy atom. The molecule has 3 fully saturated rings. The Hall–Kier alpha value is -8.56. The lowest BCUT2D eigenvalue weighted by Crippen LogP contribution is -2.50. The molecule has 1 saturated carbocycles. The number of carbonyl (C=O) groups excluding carboxylic acids is 10. The van der Waals surface area contributed by atoms with Gasteiger partial charge in [0.1, 0.15) is 50.4 Å². The molecule has 141 heavy (non-hydrogen) atoms. The summed E-state index contributed by atoms with van der Waals surface area (Å²) in [4.78, 5) is 144. The van der Waals surface area contributed by atoms with Crippen LogP contribution in [-0.4, -0.2) is 181 Å². The fraction of sp³-hybridized carbons (Fsp3) is 0.687. The number of pyridine rings is 1. The first-order chi connectivity index (χ1) is 65.8. The van der Waals surface area contributed by atoms with Gasteiger partial charge in [-0.15, -0.1) is 11.3 Å². The van der Waals surface area contributed by atoms with Gasteiger partial charge in [-0.05, 0) is 203 Å². The number of thiazole rings is 2. The van der Waals surface area contributed by atoms with Crippen LogP contribution in [0.5, 0.6) is 11.6 Å². The van der Waals surface area contributed by atoms with Crippen LogP contribution in [-0.2, 0) is 77.0 Å². The van der Waals surface area contributed by atoms with Gasteiger partial charge in [-0.1, -0.05) is 234 Å². The molecule has 0 spiro atoms. The van der Waals surface area contributed by atoms with E-state index >= 15 is 0 Å². The normalized spacial score (nSPS) is 15.1. The molecule has 796 valence electrons. The Kier molecular flexibility index (Phi) is 64.3. The van der Waals surface area contributed by atoms with Crippen molar-refractivity contribution in [2.45, 2.75) is 376 Å². The maximum Gasteiger partial charge on any atom is 0.274 e. The zero-order chi connectivity index (χ0) is 107. The standard InChI is InChI=1S/C15H27NO2.C15H22O.C14H27NO.C14H20O2.C13H20N2O2.C12H24N2O.C12H19NOS.C10H16N2OS.C10H15NO3/c1-11(2)9-13-7-5-6-8-16(15(13)18)10-14(17)12(3)4;1-11(2)8-13-6-5-7-14(9-13)10-15(16)12(3)4;1-10(2)14(16)13-7-5-12(6-8-13)9-15-11(3)4;1-10(2)14(15)9-12-5-7-13(8-6-12)16-11(3)4;1-9(2)12(16)8-15-7-5-6-11(13(15)17)14-10(3)4;1-10(2)12(15)9-13-5-7-14(8-6-13)11(3)4;1-8(2)5-10-7-15-12(13-10)6-11(14)9(3)4;1-6(2)9(13)10-11-5-8(14-10)12-7(3)4;1-6(2)10(12)8-5-9(11-14-8)13-7(3)4/h11-13H,5-10H2,1-4H3;5-7,9,11-12H,8,10H2,1-4H3;10-13,15H,5-9H2,1-4H3;5-8,10-11H,9H2,1-4H3;5-7,9-10,14H,8H2,1-4H3;10-11H,5-9H2,1-4H3;7-9H,5-6H2,1-4H3;5-7,12H,1-4H3;5-7H,1-4H3/t13-;;;;;;;;/m1......../s1. The molecule has 0 unspecified atom stereocenters. The molecule has 4 aromatic heterocycles. The third-order valence-electron chi connectivity index (χ3n) is 23.3. The highest BCUT2D eigenvalue weighted by Gasteiger charge is 2.31. The van der Waals surface area contributed by atoms with Crippen molar-refractivity contribution in [2.75, 3.05) is 63.0 Å². The molecule has 6 heterocycles. The highest BCUT2D eigenvalue weighted by molar-refractivity contribution is 7.17. The number of nitrogens with zero attached hydrogens (tertiary/aromatic N) is 7. The molecule has 9 rings (SSSR count). The van der Waals surface area contributed by atoms with Gasteiger partial charge < -0.3 is 39.4 Å². The minimum Gasteiger partial charge on any atom is -0.491 e. The van der Waals surface area contributed by atoms with Crippen molar-refractivity contribution in [1.82, 2.24) is 39.7 Å². The van der Waals surface area contributed by atoms with Gasteiger partial charge in [0.25, 0.3) is 11.4 Å². The van der Waals surface area contributed by atoms with Gasteiger partial charge in [0, 0.05) is 146 Å². The van der Waals surface area contributed by atoms with Gasteiger partial charge in [-0.3, -0.25) is 62.5 Å². The van der Waals surface area contributed by atoms with Gasteiger partial charge in [-0.25, -0.2) is 9.97 Å². The fourth-order valence-corrected chi connectivity index (χ4v) is 16.5. The smallest absolute Gasteiger partial charge is 0.274 e. The van der Waals surface area contributed by atoms with E-state index in [-0.39, 0.29) is 136 Å². The van der Waals surface area contributed by atoms with E-state index < -0.39 is 0 Å². The number of hydrogen-bond acceptors (Lipinski definition) is 24. The summed E-state index contributed by atoms with van der Waals surface area (Å²) in [6, 6.07) is 23.0. The predicted molar refractivity (Wildman–Crippen MR) is 584 cm³/mol. The lowest BCUT2D eigenvalue weighted by Gasteiger charge is -2.36. The van der Waals surface area contributed by atoms with Crippen LogP contribution in [0.1, 0.15) is 348 Å². The van der Waals surface area contributed by atoms with Crippen LogP contribution in [0.15, 0.2) is 93.8 Å². The number of benzene rings is 2. The van der Waals surface area contributed by atoms with Crippen LogP contribution in [0, 0.1) is 88.8 Å². The average molecular weight is 2000 g/mol. The molecule has 1 aliphatic carbocycles.